The summed E-state index contributed by atoms with van der Waals surface area (Å²) in [6, 6.07) is -1.55. The molecule has 0 aromatic rings. The van der Waals surface area contributed by atoms with Crippen molar-refractivity contribution in [2.45, 2.75) is 134 Å². The SMILES string of the molecule is [2H]COCC(CC(=O)CNC(=O)CCNC(=O)CCOCC(C)(C)C)C(=O)NC(CCC(=O)CC[C@H](O)[C@@H](O)[C@H](O)[C@H](O)CC)C(=O)NC[C@H](O)[C@@H](O)[C@H](O)[C@H](O)CO. The van der Waals surface area contributed by atoms with E-state index in [2.05, 4.69) is 21.3 Å². The van der Waals surface area contributed by atoms with Crippen LogP contribution in [0, 0.1) is 11.3 Å². The molecular weight excluding hydrogens is 772 g/mol. The molecule has 21 heteroatoms. The van der Waals surface area contributed by atoms with E-state index in [1.807, 2.05) is 20.8 Å². The van der Waals surface area contributed by atoms with Gasteiger partial charge in [0.05, 0.1) is 58.6 Å². The minimum atomic E-state index is -2.04. The van der Waals surface area contributed by atoms with Crippen molar-refractivity contribution in [3.05, 3.63) is 0 Å². The van der Waals surface area contributed by atoms with Crippen molar-refractivity contribution >= 4 is 35.2 Å². The Kier molecular flexibility index (Phi) is 26.5. The molecule has 0 rings (SSSR count). The summed E-state index contributed by atoms with van der Waals surface area (Å²) in [5, 5.41) is 98.4. The number of aliphatic hydroxyl groups is 9. The summed E-state index contributed by atoms with van der Waals surface area (Å²) in [6.45, 7) is 5.49. The van der Waals surface area contributed by atoms with E-state index in [-0.39, 0.29) is 56.6 Å². The van der Waals surface area contributed by atoms with Gasteiger partial charge in [0.1, 0.15) is 42.3 Å². The second-order valence-electron chi connectivity index (χ2n) is 15.3. The highest BCUT2D eigenvalue weighted by Crippen LogP contribution is 2.15. The molecule has 0 aromatic carbocycles. The van der Waals surface area contributed by atoms with Gasteiger partial charge >= 0.3 is 0 Å². The van der Waals surface area contributed by atoms with E-state index >= 15 is 0 Å². The van der Waals surface area contributed by atoms with E-state index in [4.69, 9.17) is 16.0 Å². The number of Topliss-reactive ketones (excluding diaryl/α,β-unsaturated/α-hetero) is 2. The zero-order valence-corrected chi connectivity index (χ0v) is 33.9. The Bertz CT molecular complexity index is 1280. The molecule has 0 saturated carbocycles. The van der Waals surface area contributed by atoms with Crippen molar-refractivity contribution < 1.29 is 85.6 Å². The second-order valence-corrected chi connectivity index (χ2v) is 15.3. The first kappa shape index (κ1) is 52.8. The third-order valence-corrected chi connectivity index (χ3v) is 8.76. The lowest BCUT2D eigenvalue weighted by atomic mass is 9.96. The molecule has 13 N–H and O–H groups in total. The Morgan fingerprint density at radius 2 is 1.28 bits per heavy atom. The number of carbonyl (C=O) groups excluding carboxylic acids is 6. The second kappa shape index (κ2) is 29.1. The average Bonchev–Trinajstić information content (AvgIpc) is 3.20. The molecule has 338 valence electrons. The number of nitrogens with one attached hydrogen (secondary N) is 4. The summed E-state index contributed by atoms with van der Waals surface area (Å²) >= 11 is 0. The Balaban J connectivity index is 5.55. The van der Waals surface area contributed by atoms with Crippen LogP contribution in [0.2, 0.25) is 0 Å². The quantitative estimate of drug-likeness (QED) is 0.0283. The van der Waals surface area contributed by atoms with Crippen LogP contribution in [0.3, 0.4) is 0 Å². The van der Waals surface area contributed by atoms with Crippen molar-refractivity contribution in [1.29, 1.82) is 0 Å². The van der Waals surface area contributed by atoms with E-state index in [9.17, 15) is 69.6 Å². The smallest absolute Gasteiger partial charge is 0.242 e. The highest BCUT2D eigenvalue weighted by atomic mass is 16.5. The first-order chi connectivity index (χ1) is 27.6. The summed E-state index contributed by atoms with van der Waals surface area (Å²) in [7, 11) is -0.604. The first-order valence-corrected chi connectivity index (χ1v) is 19.2. The molecule has 58 heavy (non-hydrogen) atoms. The average molecular weight is 842 g/mol. The molecule has 0 fully saturated rings. The number of methoxy groups -OCH3 is 1. The molecule has 0 spiro atoms. The van der Waals surface area contributed by atoms with E-state index in [0.717, 1.165) is 0 Å². The number of ketones is 2. The van der Waals surface area contributed by atoms with Crippen LogP contribution in [0.25, 0.3) is 0 Å². The maximum Gasteiger partial charge on any atom is 0.242 e. The third kappa shape index (κ3) is 23.4. The monoisotopic (exact) mass is 841 g/mol. The molecule has 0 aliphatic carbocycles. The number of ether oxygens (including phenoxy) is 2. The van der Waals surface area contributed by atoms with Gasteiger partial charge in [0.15, 0.2) is 5.78 Å². The van der Waals surface area contributed by atoms with Gasteiger partial charge in [-0.3, -0.25) is 28.8 Å². The van der Waals surface area contributed by atoms with Gasteiger partial charge < -0.3 is 76.7 Å². The Morgan fingerprint density at radius 3 is 1.88 bits per heavy atom. The van der Waals surface area contributed by atoms with Crippen LogP contribution in [-0.4, -0.2) is 189 Å². The fourth-order valence-electron chi connectivity index (χ4n) is 5.13. The lowest BCUT2D eigenvalue weighted by molar-refractivity contribution is -0.135. The lowest BCUT2D eigenvalue weighted by Crippen LogP contribution is -2.53. The minimum absolute atomic E-state index is 0.0115. The van der Waals surface area contributed by atoms with Gasteiger partial charge in [0, 0.05) is 52.3 Å². The van der Waals surface area contributed by atoms with Crippen LogP contribution in [0.5, 0.6) is 0 Å². The van der Waals surface area contributed by atoms with Gasteiger partial charge in [-0.1, -0.05) is 27.7 Å². The Morgan fingerprint density at radius 1 is 0.690 bits per heavy atom. The van der Waals surface area contributed by atoms with Crippen LogP contribution in [0.15, 0.2) is 0 Å². The Hall–Kier alpha value is -3.22. The van der Waals surface area contributed by atoms with E-state index < -0.39 is 143 Å². The van der Waals surface area contributed by atoms with Crippen molar-refractivity contribution in [3.8, 4) is 0 Å². The topological polar surface area (TPSA) is 351 Å². The number of hydrogen-bond donors (Lipinski definition) is 13. The molecule has 21 nitrogen and oxygen atoms in total. The number of hydrogen-bond acceptors (Lipinski definition) is 17. The van der Waals surface area contributed by atoms with Gasteiger partial charge in [-0.25, -0.2) is 0 Å². The maximum atomic E-state index is 13.4. The van der Waals surface area contributed by atoms with Crippen LogP contribution >= 0.6 is 0 Å². The minimum Gasteiger partial charge on any atom is -0.394 e. The van der Waals surface area contributed by atoms with Crippen molar-refractivity contribution in [2.24, 2.45) is 11.3 Å². The van der Waals surface area contributed by atoms with Gasteiger partial charge in [-0.15, -0.1) is 0 Å². The molecule has 0 aliphatic heterocycles. The molecule has 2 unspecified atom stereocenters. The van der Waals surface area contributed by atoms with E-state index in [0.29, 0.717) is 6.61 Å². The molecule has 0 heterocycles. The number of amides is 4. The lowest BCUT2D eigenvalue weighted by Gasteiger charge is -2.27. The highest BCUT2D eigenvalue weighted by Gasteiger charge is 2.33. The molecule has 0 radical (unpaired) electrons. The van der Waals surface area contributed by atoms with Gasteiger partial charge in [0.25, 0.3) is 0 Å². The summed E-state index contributed by atoms with van der Waals surface area (Å²) in [5.41, 5.74) is -0.0579. The third-order valence-electron chi connectivity index (χ3n) is 8.76. The molecular formula is C37H68N4O17. The standard InChI is InChI=1S/C37H68N4O17/c1-6-25(45)31(51)32(52)26(46)10-8-22(43)7-9-24(36(56)40-17-27(47)33(53)34(54)28(48)18-42)41-35(55)21(19-57-5)15-23(44)16-39-29(49)11-13-38-30(50)12-14-58-20-37(2,3)4/h21,24-28,31-34,42,45-48,51-54H,6-20H2,1-5H3,(H,38,50)(H,39,49)(H,40,56)(H,41,55)/t21?,24?,25-,26+,27+,28-,31-,32-,33-,34-/m1/s1/i5D. The zero-order chi connectivity index (χ0) is 45.3. The summed E-state index contributed by atoms with van der Waals surface area (Å²) < 4.78 is 17.8. The molecule has 0 bridgehead atoms. The maximum absolute atomic E-state index is 13.4. The number of rotatable bonds is 32. The fourth-order valence-corrected chi connectivity index (χ4v) is 5.13. The molecule has 0 saturated heterocycles. The number of carbonyl (C=O) groups is 6. The summed E-state index contributed by atoms with van der Waals surface area (Å²) in [5.74, 6) is -5.36. The normalized spacial score (nSPS) is 17.2. The summed E-state index contributed by atoms with van der Waals surface area (Å²) in [4.78, 5) is 76.5. The van der Waals surface area contributed by atoms with Crippen LogP contribution in [-0.2, 0) is 38.2 Å². The van der Waals surface area contributed by atoms with Crippen molar-refractivity contribution in [1.82, 2.24) is 21.3 Å². The van der Waals surface area contributed by atoms with E-state index in [1.165, 1.54) is 0 Å². The highest BCUT2D eigenvalue weighted by molar-refractivity contribution is 5.93. The van der Waals surface area contributed by atoms with Gasteiger partial charge in [0.2, 0.25) is 23.6 Å². The zero-order valence-electron chi connectivity index (χ0n) is 34.9. The molecule has 0 aliphatic rings. The predicted octanol–water partition coefficient (Wildman–Crippen LogP) is -4.70. The fraction of sp³-hybridized carbons (Fsp3) is 0.838. The molecule has 4 amide bonds. The van der Waals surface area contributed by atoms with Crippen molar-refractivity contribution in [3.63, 3.8) is 0 Å². The van der Waals surface area contributed by atoms with Gasteiger partial charge in [-0.05, 0) is 24.7 Å². The van der Waals surface area contributed by atoms with E-state index in [1.54, 1.807) is 6.92 Å². The van der Waals surface area contributed by atoms with Crippen LogP contribution in [0.4, 0.5) is 0 Å². The van der Waals surface area contributed by atoms with Crippen LogP contribution in [0.1, 0.15) is 80.4 Å². The summed E-state index contributed by atoms with van der Waals surface area (Å²) in [6.07, 6.45) is -16.1. The van der Waals surface area contributed by atoms with Crippen LogP contribution < -0.4 is 21.3 Å². The Labute approximate surface area is 340 Å². The largest absolute Gasteiger partial charge is 0.394 e. The molecule has 10 atom stereocenters. The predicted molar refractivity (Wildman–Crippen MR) is 204 cm³/mol. The molecule has 0 aromatic heterocycles. The number of aliphatic hydroxyl groups excluding tert-OH is 9. The van der Waals surface area contributed by atoms with Crippen molar-refractivity contribution in [2.75, 3.05) is 53.1 Å². The van der Waals surface area contributed by atoms with Gasteiger partial charge in [-0.2, -0.15) is 0 Å². The first-order valence-electron chi connectivity index (χ1n) is 19.9.